The molecule has 0 unspecified atom stereocenters. The van der Waals surface area contributed by atoms with Gasteiger partial charge >= 0.3 is 6.18 Å². The molecule has 4 rings (SSSR count). The maximum atomic E-state index is 13.2. The summed E-state index contributed by atoms with van der Waals surface area (Å²) in [6.45, 7) is -0.559. The summed E-state index contributed by atoms with van der Waals surface area (Å²) >= 11 is 12.0. The number of amides is 1. The number of nitrogens with one attached hydrogen (secondary N) is 1. The fourth-order valence-corrected chi connectivity index (χ4v) is 3.32. The number of nitrogens with zero attached hydrogens (tertiary/aromatic N) is 2. The van der Waals surface area contributed by atoms with Crippen molar-refractivity contribution in [2.24, 2.45) is 0 Å². The van der Waals surface area contributed by atoms with Crippen LogP contribution in [0.3, 0.4) is 0 Å². The summed E-state index contributed by atoms with van der Waals surface area (Å²) in [5.41, 5.74) is -0.557. The van der Waals surface area contributed by atoms with Crippen LogP contribution in [-0.2, 0) is 11.0 Å². The molecule has 0 bridgehead atoms. The minimum absolute atomic E-state index is 0.166. The van der Waals surface area contributed by atoms with Crippen molar-refractivity contribution in [3.8, 4) is 23.1 Å². The Kier molecular flexibility index (Phi) is 7.18. The molecule has 0 atom stereocenters. The van der Waals surface area contributed by atoms with E-state index in [0.29, 0.717) is 28.3 Å². The predicted molar refractivity (Wildman–Crippen MR) is 126 cm³/mol. The molecule has 35 heavy (non-hydrogen) atoms. The van der Waals surface area contributed by atoms with E-state index in [1.165, 1.54) is 12.1 Å². The molecule has 180 valence electrons. The van der Waals surface area contributed by atoms with Gasteiger partial charge < -0.3 is 14.8 Å². The average Bonchev–Trinajstić information content (AvgIpc) is 3.25. The Balaban J connectivity index is 1.41. The molecule has 1 N–H and O–H groups in total. The van der Waals surface area contributed by atoms with Crippen molar-refractivity contribution in [3.63, 3.8) is 0 Å². The Labute approximate surface area is 207 Å². The summed E-state index contributed by atoms with van der Waals surface area (Å²) < 4.78 is 51.6. The fraction of sp³-hybridized carbons (Fsp3) is 0.0833. The number of benzene rings is 3. The van der Waals surface area contributed by atoms with Crippen LogP contribution in [-0.4, -0.2) is 22.3 Å². The molecule has 6 nitrogen and oxygen atoms in total. The number of rotatable bonds is 7. The SMILES string of the molecule is O=C(COc1cc(C(F)(F)F)nn1-c1ccccc1Cl)Nc1ccc(Oc2ccc(Cl)cc2)cc1. The number of hydrogen-bond donors (Lipinski definition) is 1. The molecule has 0 aliphatic rings. The van der Waals surface area contributed by atoms with E-state index >= 15 is 0 Å². The van der Waals surface area contributed by atoms with Crippen LogP contribution in [0.25, 0.3) is 5.69 Å². The van der Waals surface area contributed by atoms with E-state index in [2.05, 4.69) is 10.4 Å². The van der Waals surface area contributed by atoms with Gasteiger partial charge in [-0.25, -0.2) is 0 Å². The van der Waals surface area contributed by atoms with Gasteiger partial charge in [-0.2, -0.15) is 23.0 Å². The number of aromatic nitrogens is 2. The fourth-order valence-electron chi connectivity index (χ4n) is 2.98. The molecule has 0 spiro atoms. The summed E-state index contributed by atoms with van der Waals surface area (Å²) in [7, 11) is 0. The number of hydrogen-bond acceptors (Lipinski definition) is 4. The second-order valence-corrected chi connectivity index (χ2v) is 7.99. The third-order valence-electron chi connectivity index (χ3n) is 4.59. The van der Waals surface area contributed by atoms with Crippen molar-refractivity contribution in [2.75, 3.05) is 11.9 Å². The molecule has 1 amide bonds. The number of para-hydroxylation sites is 1. The lowest BCUT2D eigenvalue weighted by Gasteiger charge is -2.11. The second-order valence-electron chi connectivity index (χ2n) is 7.15. The third-order valence-corrected chi connectivity index (χ3v) is 5.16. The molecule has 3 aromatic carbocycles. The lowest BCUT2D eigenvalue weighted by atomic mass is 10.3. The van der Waals surface area contributed by atoms with E-state index in [4.69, 9.17) is 32.7 Å². The van der Waals surface area contributed by atoms with Gasteiger partial charge in [0.05, 0.1) is 10.7 Å². The summed E-state index contributed by atoms with van der Waals surface area (Å²) in [6, 6.07) is 20.2. The van der Waals surface area contributed by atoms with Crippen molar-refractivity contribution in [1.82, 2.24) is 9.78 Å². The number of carbonyl (C=O) groups excluding carboxylic acids is 1. The van der Waals surface area contributed by atoms with E-state index in [0.717, 1.165) is 4.68 Å². The van der Waals surface area contributed by atoms with E-state index in [1.54, 1.807) is 60.7 Å². The van der Waals surface area contributed by atoms with E-state index in [9.17, 15) is 18.0 Å². The van der Waals surface area contributed by atoms with Crippen molar-refractivity contribution < 1.29 is 27.4 Å². The van der Waals surface area contributed by atoms with Crippen LogP contribution < -0.4 is 14.8 Å². The zero-order chi connectivity index (χ0) is 25.0. The first kappa shape index (κ1) is 24.4. The molecule has 1 aromatic heterocycles. The Morgan fingerprint density at radius 1 is 0.943 bits per heavy atom. The van der Waals surface area contributed by atoms with Crippen LogP contribution in [0.5, 0.6) is 17.4 Å². The molecule has 4 aromatic rings. The van der Waals surface area contributed by atoms with Gasteiger partial charge in [0.1, 0.15) is 11.5 Å². The maximum absolute atomic E-state index is 13.2. The molecule has 0 saturated heterocycles. The van der Waals surface area contributed by atoms with Gasteiger partial charge in [0.2, 0.25) is 5.88 Å². The number of anilines is 1. The largest absolute Gasteiger partial charge is 0.467 e. The highest BCUT2D eigenvalue weighted by Gasteiger charge is 2.36. The van der Waals surface area contributed by atoms with Crippen LogP contribution in [0.15, 0.2) is 78.9 Å². The van der Waals surface area contributed by atoms with Gasteiger partial charge in [-0.3, -0.25) is 4.79 Å². The minimum Gasteiger partial charge on any atom is -0.467 e. The summed E-state index contributed by atoms with van der Waals surface area (Å²) in [5.74, 6) is 0.252. The van der Waals surface area contributed by atoms with Crippen molar-refractivity contribution in [2.45, 2.75) is 6.18 Å². The Morgan fingerprint density at radius 2 is 1.57 bits per heavy atom. The molecule has 0 radical (unpaired) electrons. The quantitative estimate of drug-likeness (QED) is 0.284. The predicted octanol–water partition coefficient (Wildman–Crippen LogP) is 7.01. The first-order valence-corrected chi connectivity index (χ1v) is 10.8. The lowest BCUT2D eigenvalue weighted by Crippen LogP contribution is -2.21. The topological polar surface area (TPSA) is 65.4 Å². The number of halogens is 5. The van der Waals surface area contributed by atoms with Crippen molar-refractivity contribution in [1.29, 1.82) is 0 Å². The van der Waals surface area contributed by atoms with Gasteiger partial charge in [-0.15, -0.1) is 0 Å². The van der Waals surface area contributed by atoms with Crippen LogP contribution in [0.4, 0.5) is 18.9 Å². The third kappa shape index (κ3) is 6.26. The standard InChI is InChI=1S/C24H16Cl2F3N3O3/c25-15-5-9-17(10-6-15)35-18-11-7-16(8-12-18)30-22(33)14-34-23-13-21(24(27,28)29)31-32(23)20-4-2-1-3-19(20)26/h1-13H,14H2,(H,30,33). The molecular formula is C24H16Cl2F3N3O3. The molecule has 11 heteroatoms. The van der Waals surface area contributed by atoms with E-state index < -0.39 is 24.4 Å². The lowest BCUT2D eigenvalue weighted by molar-refractivity contribution is -0.141. The maximum Gasteiger partial charge on any atom is 0.435 e. The van der Waals surface area contributed by atoms with E-state index in [1.807, 2.05) is 0 Å². The number of ether oxygens (including phenoxy) is 2. The molecule has 0 saturated carbocycles. The van der Waals surface area contributed by atoms with Crippen LogP contribution >= 0.6 is 23.2 Å². The second kappa shape index (κ2) is 10.3. The highest BCUT2D eigenvalue weighted by Crippen LogP contribution is 2.33. The van der Waals surface area contributed by atoms with Crippen LogP contribution in [0.2, 0.25) is 10.0 Å². The summed E-state index contributed by atoms with van der Waals surface area (Å²) in [6.07, 6.45) is -4.71. The van der Waals surface area contributed by atoms with Crippen LogP contribution in [0, 0.1) is 0 Å². The van der Waals surface area contributed by atoms with Gasteiger partial charge in [0.25, 0.3) is 5.91 Å². The zero-order valence-corrected chi connectivity index (χ0v) is 19.2. The number of alkyl halides is 3. The molecule has 0 aliphatic heterocycles. The van der Waals surface area contributed by atoms with Gasteiger partial charge in [0.15, 0.2) is 12.3 Å². The molecule has 0 fully saturated rings. The highest BCUT2D eigenvalue weighted by molar-refractivity contribution is 6.32. The van der Waals surface area contributed by atoms with Gasteiger partial charge in [0, 0.05) is 16.8 Å². The zero-order valence-electron chi connectivity index (χ0n) is 17.7. The Morgan fingerprint density at radius 3 is 2.20 bits per heavy atom. The number of carbonyl (C=O) groups is 1. The summed E-state index contributed by atoms with van der Waals surface area (Å²) in [5, 5.41) is 6.91. The normalized spacial score (nSPS) is 11.2. The minimum atomic E-state index is -4.71. The Bertz CT molecular complexity index is 1320. The summed E-state index contributed by atoms with van der Waals surface area (Å²) in [4.78, 5) is 12.4. The van der Waals surface area contributed by atoms with Crippen molar-refractivity contribution >= 4 is 34.8 Å². The molecule has 1 heterocycles. The highest BCUT2D eigenvalue weighted by atomic mass is 35.5. The first-order valence-electron chi connectivity index (χ1n) is 10.1. The molecule has 0 aliphatic carbocycles. The molecular weight excluding hydrogens is 506 g/mol. The first-order chi connectivity index (χ1) is 16.7. The van der Waals surface area contributed by atoms with Crippen LogP contribution in [0.1, 0.15) is 5.69 Å². The van der Waals surface area contributed by atoms with Crippen molar-refractivity contribution in [3.05, 3.63) is 94.6 Å². The van der Waals surface area contributed by atoms with E-state index in [-0.39, 0.29) is 16.6 Å². The van der Waals surface area contributed by atoms with Gasteiger partial charge in [-0.1, -0.05) is 35.3 Å². The smallest absolute Gasteiger partial charge is 0.435 e. The average molecular weight is 522 g/mol. The van der Waals surface area contributed by atoms with Gasteiger partial charge in [-0.05, 0) is 60.7 Å². The Hall–Kier alpha value is -3.69. The monoisotopic (exact) mass is 521 g/mol.